The number of anilines is 1. The van der Waals surface area contributed by atoms with E-state index in [4.69, 9.17) is 4.74 Å². The highest BCUT2D eigenvalue weighted by Crippen LogP contribution is 2.32. The molecule has 0 radical (unpaired) electrons. The number of aromatic nitrogens is 1. The first-order valence-corrected chi connectivity index (χ1v) is 12.3. The van der Waals surface area contributed by atoms with Crippen molar-refractivity contribution in [1.82, 2.24) is 10.3 Å². The summed E-state index contributed by atoms with van der Waals surface area (Å²) in [5, 5.41) is 6.39. The van der Waals surface area contributed by atoms with Crippen LogP contribution in [-0.2, 0) is 23.1 Å². The van der Waals surface area contributed by atoms with Crippen LogP contribution in [0.25, 0.3) is 0 Å². The number of ether oxygens (including phenoxy) is 1. The third kappa shape index (κ3) is 5.37. The van der Waals surface area contributed by atoms with E-state index in [1.54, 1.807) is 6.20 Å². The number of fused-ring (bicyclic) bond motifs is 1. The van der Waals surface area contributed by atoms with Crippen molar-refractivity contribution < 1.29 is 9.53 Å². The maximum atomic E-state index is 13.1. The molecular weight excluding hydrogens is 436 g/mol. The van der Waals surface area contributed by atoms with Gasteiger partial charge in [0.05, 0.1) is 6.54 Å². The zero-order chi connectivity index (χ0) is 24.4. The molecule has 1 aromatic heterocycles. The number of carbonyl (C=O) groups excluding carboxylic acids is 1. The lowest BCUT2D eigenvalue weighted by atomic mass is 9.83. The monoisotopic (exact) mass is 468 g/mol. The minimum absolute atomic E-state index is 0.0393. The van der Waals surface area contributed by atoms with E-state index >= 15 is 0 Å². The van der Waals surface area contributed by atoms with Gasteiger partial charge >= 0.3 is 0 Å². The number of pyridine rings is 1. The second-order valence-electron chi connectivity index (χ2n) is 10.3. The quantitative estimate of drug-likeness (QED) is 0.535. The Balaban J connectivity index is 1.27. The van der Waals surface area contributed by atoms with Gasteiger partial charge in [0.2, 0.25) is 5.91 Å². The molecule has 5 rings (SSSR count). The molecule has 6 heteroatoms. The summed E-state index contributed by atoms with van der Waals surface area (Å²) in [4.78, 5) is 21.9. The molecule has 0 saturated carbocycles. The van der Waals surface area contributed by atoms with E-state index in [1.165, 1.54) is 16.7 Å². The van der Waals surface area contributed by atoms with Crippen molar-refractivity contribution in [2.24, 2.45) is 10.9 Å². The Kier molecular flexibility index (Phi) is 6.29. The van der Waals surface area contributed by atoms with Crippen LogP contribution in [0.2, 0.25) is 0 Å². The summed E-state index contributed by atoms with van der Waals surface area (Å²) in [6.45, 7) is 8.14. The number of amides is 1. The molecule has 3 aromatic rings. The van der Waals surface area contributed by atoms with Gasteiger partial charge in [0, 0.05) is 30.4 Å². The summed E-state index contributed by atoms with van der Waals surface area (Å²) < 4.78 is 6.16. The van der Waals surface area contributed by atoms with E-state index in [2.05, 4.69) is 65.6 Å². The van der Waals surface area contributed by atoms with E-state index in [9.17, 15) is 4.79 Å². The first-order valence-electron chi connectivity index (χ1n) is 12.3. The fourth-order valence-corrected chi connectivity index (χ4v) is 4.64. The van der Waals surface area contributed by atoms with Crippen LogP contribution >= 0.6 is 0 Å². The minimum Gasteiger partial charge on any atom is -0.457 e. The Bertz CT molecular complexity index is 1280. The van der Waals surface area contributed by atoms with Gasteiger partial charge in [0.15, 0.2) is 0 Å². The second kappa shape index (κ2) is 9.53. The lowest BCUT2D eigenvalue weighted by Gasteiger charge is -2.25. The molecule has 0 spiro atoms. The fraction of sp³-hybridized carbons (Fsp3) is 0.345. The van der Waals surface area contributed by atoms with Crippen molar-refractivity contribution in [2.45, 2.75) is 45.4 Å². The number of aryl methyl sites for hydroxylation is 1. The van der Waals surface area contributed by atoms with Gasteiger partial charge in [0.1, 0.15) is 23.0 Å². The molecule has 1 atom stereocenters. The van der Waals surface area contributed by atoms with Gasteiger partial charge < -0.3 is 15.4 Å². The van der Waals surface area contributed by atoms with Crippen molar-refractivity contribution in [1.29, 1.82) is 0 Å². The number of nitrogens with zero attached hydrogens (tertiary/aromatic N) is 2. The molecule has 2 aromatic carbocycles. The van der Waals surface area contributed by atoms with E-state index in [-0.39, 0.29) is 17.2 Å². The lowest BCUT2D eigenvalue weighted by molar-refractivity contribution is -0.120. The molecule has 0 saturated heterocycles. The van der Waals surface area contributed by atoms with Gasteiger partial charge in [0.25, 0.3) is 0 Å². The maximum absolute atomic E-state index is 13.1. The highest BCUT2D eigenvalue weighted by atomic mass is 16.5. The Morgan fingerprint density at radius 1 is 1.06 bits per heavy atom. The summed E-state index contributed by atoms with van der Waals surface area (Å²) >= 11 is 0. The number of rotatable bonds is 5. The molecule has 1 unspecified atom stereocenters. The predicted molar refractivity (Wildman–Crippen MR) is 139 cm³/mol. The summed E-state index contributed by atoms with van der Waals surface area (Å²) in [5.74, 6) is 2.31. The molecule has 2 aliphatic rings. The maximum Gasteiger partial charge on any atom is 0.227 e. The number of carbonyl (C=O) groups is 1. The van der Waals surface area contributed by atoms with Crippen LogP contribution in [0.3, 0.4) is 0 Å². The normalized spacial score (nSPS) is 17.2. The Morgan fingerprint density at radius 2 is 1.91 bits per heavy atom. The highest BCUT2D eigenvalue weighted by molar-refractivity contribution is 5.98. The fourth-order valence-electron chi connectivity index (χ4n) is 4.64. The number of aliphatic imine (C=N–C) groups is 1. The summed E-state index contributed by atoms with van der Waals surface area (Å²) in [6.07, 6.45) is 4.18. The lowest BCUT2D eigenvalue weighted by Crippen LogP contribution is -2.28. The largest absolute Gasteiger partial charge is 0.457 e. The number of nitrogens with one attached hydrogen (secondary N) is 2. The third-order valence-corrected chi connectivity index (χ3v) is 6.66. The standard InChI is InChI=1S/C29H32N4O2/c1-29(2,3)22-5-4-6-23(17-22)33-28(34)20-8-7-19-9-10-24(16-21(19)15-20)35-25-11-12-30-26(18-25)27-31-13-14-32-27/h4-6,9-12,16-18,20H,7-8,13-15H2,1-3H3,(H,31,32)(H,33,34). The second-order valence-corrected chi connectivity index (χ2v) is 10.3. The van der Waals surface area contributed by atoms with E-state index < -0.39 is 0 Å². The molecule has 2 N–H and O–H groups in total. The van der Waals surface area contributed by atoms with Crippen molar-refractivity contribution >= 4 is 17.4 Å². The first kappa shape index (κ1) is 23.1. The SMILES string of the molecule is CC(C)(C)c1cccc(NC(=O)C2CCc3ccc(Oc4ccnc(C5=NCCN5)c4)cc3C2)c1. The van der Waals surface area contributed by atoms with Crippen molar-refractivity contribution in [3.8, 4) is 11.5 Å². The van der Waals surface area contributed by atoms with Gasteiger partial charge in [-0.25, -0.2) is 0 Å². The first-order chi connectivity index (χ1) is 16.8. The van der Waals surface area contributed by atoms with Gasteiger partial charge in [-0.05, 0) is 71.7 Å². The van der Waals surface area contributed by atoms with Gasteiger partial charge in [-0.3, -0.25) is 14.8 Å². The number of benzene rings is 2. The van der Waals surface area contributed by atoms with Crippen LogP contribution in [0.4, 0.5) is 5.69 Å². The molecule has 35 heavy (non-hydrogen) atoms. The summed E-state index contributed by atoms with van der Waals surface area (Å²) in [6, 6.07) is 18.1. The van der Waals surface area contributed by atoms with Gasteiger partial charge in [-0.2, -0.15) is 0 Å². The summed E-state index contributed by atoms with van der Waals surface area (Å²) in [5.41, 5.74) is 5.36. The van der Waals surface area contributed by atoms with E-state index in [0.717, 1.165) is 54.6 Å². The average molecular weight is 469 g/mol. The van der Waals surface area contributed by atoms with E-state index in [1.807, 2.05) is 30.3 Å². The van der Waals surface area contributed by atoms with Gasteiger partial charge in [-0.1, -0.05) is 39.0 Å². The zero-order valence-corrected chi connectivity index (χ0v) is 20.6. The van der Waals surface area contributed by atoms with Crippen LogP contribution in [0.1, 0.15) is 49.6 Å². The predicted octanol–water partition coefficient (Wildman–Crippen LogP) is 5.26. The molecule has 6 nitrogen and oxygen atoms in total. The Hall–Kier alpha value is -3.67. The number of hydrogen-bond donors (Lipinski definition) is 2. The number of amidine groups is 1. The smallest absolute Gasteiger partial charge is 0.227 e. The summed E-state index contributed by atoms with van der Waals surface area (Å²) in [7, 11) is 0. The van der Waals surface area contributed by atoms with Crippen LogP contribution in [0.15, 0.2) is 65.8 Å². The molecule has 1 amide bonds. The molecule has 2 heterocycles. The molecule has 0 bridgehead atoms. The van der Waals surface area contributed by atoms with Crippen molar-refractivity contribution in [3.63, 3.8) is 0 Å². The topological polar surface area (TPSA) is 75.6 Å². The minimum atomic E-state index is -0.0602. The number of hydrogen-bond acceptors (Lipinski definition) is 5. The van der Waals surface area contributed by atoms with Crippen LogP contribution in [-0.4, -0.2) is 29.8 Å². The average Bonchev–Trinajstić information content (AvgIpc) is 3.39. The highest BCUT2D eigenvalue weighted by Gasteiger charge is 2.25. The Labute approximate surface area is 206 Å². The molecule has 1 aliphatic carbocycles. The van der Waals surface area contributed by atoms with Crippen LogP contribution < -0.4 is 15.4 Å². The molecule has 0 fully saturated rings. The van der Waals surface area contributed by atoms with Crippen LogP contribution in [0.5, 0.6) is 11.5 Å². The van der Waals surface area contributed by atoms with Crippen molar-refractivity contribution in [2.75, 3.05) is 18.4 Å². The Morgan fingerprint density at radius 3 is 2.71 bits per heavy atom. The zero-order valence-electron chi connectivity index (χ0n) is 20.6. The van der Waals surface area contributed by atoms with Crippen LogP contribution in [0, 0.1) is 5.92 Å². The van der Waals surface area contributed by atoms with Gasteiger partial charge in [-0.15, -0.1) is 0 Å². The third-order valence-electron chi connectivity index (χ3n) is 6.66. The molecular formula is C29H32N4O2. The van der Waals surface area contributed by atoms with E-state index in [0.29, 0.717) is 6.42 Å². The molecule has 180 valence electrons. The van der Waals surface area contributed by atoms with Crippen molar-refractivity contribution in [3.05, 3.63) is 83.2 Å². The molecule has 1 aliphatic heterocycles.